The Morgan fingerprint density at radius 1 is 0.795 bits per heavy atom. The van der Waals surface area contributed by atoms with E-state index in [1.807, 2.05) is 4.90 Å². The largest absolute Gasteiger partial charge is 0.465 e. The number of hydrogen-bond donors (Lipinski definition) is 1. The van der Waals surface area contributed by atoms with E-state index in [-0.39, 0.29) is 12.5 Å². The highest BCUT2D eigenvalue weighted by molar-refractivity contribution is 5.88. The average molecular weight is 622 g/mol. The van der Waals surface area contributed by atoms with E-state index in [0.717, 1.165) is 4.90 Å². The lowest BCUT2D eigenvalue weighted by Crippen LogP contribution is -2.49. The van der Waals surface area contributed by atoms with Crippen LogP contribution in [0.3, 0.4) is 0 Å². The molecule has 2 aliphatic rings. The molecule has 15 nitrogen and oxygen atoms in total. The molecule has 0 saturated carbocycles. The van der Waals surface area contributed by atoms with Crippen LogP contribution >= 0.6 is 0 Å². The Morgan fingerprint density at radius 2 is 1.32 bits per heavy atom. The topological polar surface area (TPSA) is 158 Å². The highest BCUT2D eigenvalue weighted by Crippen LogP contribution is 2.18. The van der Waals surface area contributed by atoms with Crippen molar-refractivity contribution in [3.05, 3.63) is 18.0 Å². The van der Waals surface area contributed by atoms with Crippen molar-refractivity contribution in [1.29, 1.82) is 0 Å². The first-order valence-corrected chi connectivity index (χ1v) is 15.0. The summed E-state index contributed by atoms with van der Waals surface area (Å²) in [5, 5.41) is 9.03. The van der Waals surface area contributed by atoms with E-state index < -0.39 is 29.5 Å². The van der Waals surface area contributed by atoms with E-state index in [9.17, 15) is 19.2 Å². The fraction of sp³-hybridized carbons (Fsp3) is 0.724. The van der Waals surface area contributed by atoms with Gasteiger partial charge in [0.1, 0.15) is 11.2 Å². The highest BCUT2D eigenvalue weighted by atomic mass is 16.6. The highest BCUT2D eigenvalue weighted by Gasteiger charge is 2.32. The molecule has 44 heavy (non-hydrogen) atoms. The van der Waals surface area contributed by atoms with E-state index in [1.54, 1.807) is 58.8 Å². The number of carboxylic acid groups (broad SMARTS) is 1. The third kappa shape index (κ3) is 11.4. The SMILES string of the molecule is CC(C)(C)OC(=O)N(Cc1cnc(N2CCN(C(=O)CCOCCN3CCN(C(=O)O)CC3)CC2)nc1)C(=O)OC(C)(C)C. The van der Waals surface area contributed by atoms with Gasteiger partial charge in [0, 0.05) is 76.9 Å². The number of amides is 4. The Balaban J connectivity index is 1.41. The number of aromatic nitrogens is 2. The molecule has 1 aromatic rings. The standard InChI is InChI=1S/C29H47N7O8/c1-28(2,3)43-26(40)36(27(41)44-29(4,5)6)21-22-19-30-24(31-20-22)34-14-12-33(13-15-34)23(37)7-17-42-18-16-32-8-10-35(11-9-32)25(38)39/h19-20H,7-18,21H2,1-6H3,(H,38,39). The molecular formula is C29H47N7O8. The molecule has 4 amide bonds. The minimum absolute atomic E-state index is 0.0281. The number of rotatable bonds is 9. The van der Waals surface area contributed by atoms with Crippen molar-refractivity contribution in [2.75, 3.05) is 77.0 Å². The number of ether oxygens (including phenoxy) is 3. The van der Waals surface area contributed by atoms with Gasteiger partial charge < -0.3 is 34.0 Å². The smallest absolute Gasteiger partial charge is 0.420 e. The summed E-state index contributed by atoms with van der Waals surface area (Å²) in [7, 11) is 0. The number of hydrogen-bond acceptors (Lipinski definition) is 11. The lowest BCUT2D eigenvalue weighted by molar-refractivity contribution is -0.132. The zero-order valence-electron chi connectivity index (χ0n) is 26.8. The van der Waals surface area contributed by atoms with E-state index in [0.29, 0.717) is 90.0 Å². The van der Waals surface area contributed by atoms with Gasteiger partial charge in [-0.25, -0.2) is 29.3 Å². The second-order valence-corrected chi connectivity index (χ2v) is 12.8. The molecule has 0 spiro atoms. The predicted octanol–water partition coefficient (Wildman–Crippen LogP) is 2.50. The van der Waals surface area contributed by atoms with Crippen molar-refractivity contribution < 1.29 is 38.5 Å². The van der Waals surface area contributed by atoms with Crippen molar-refractivity contribution in [3.63, 3.8) is 0 Å². The maximum atomic E-state index is 12.8. The molecule has 1 aromatic heterocycles. The summed E-state index contributed by atoms with van der Waals surface area (Å²) in [4.78, 5) is 66.4. The third-order valence-corrected chi connectivity index (χ3v) is 6.83. The Morgan fingerprint density at radius 3 is 1.82 bits per heavy atom. The molecule has 3 rings (SSSR count). The molecule has 3 heterocycles. The van der Waals surface area contributed by atoms with E-state index in [1.165, 1.54) is 4.90 Å². The maximum absolute atomic E-state index is 12.8. The maximum Gasteiger partial charge on any atom is 0.420 e. The van der Waals surface area contributed by atoms with E-state index >= 15 is 0 Å². The normalized spacial score (nSPS) is 16.5. The first kappa shape index (κ1) is 34.8. The van der Waals surface area contributed by atoms with Crippen LogP contribution in [0.15, 0.2) is 12.4 Å². The van der Waals surface area contributed by atoms with Crippen LogP contribution in [0.5, 0.6) is 0 Å². The Kier molecular flexibility index (Phi) is 12.1. The molecule has 2 fully saturated rings. The Labute approximate surface area is 259 Å². The Bertz CT molecular complexity index is 1090. The minimum Gasteiger partial charge on any atom is -0.465 e. The van der Waals surface area contributed by atoms with Crippen LogP contribution < -0.4 is 4.90 Å². The van der Waals surface area contributed by atoms with Gasteiger partial charge in [0.25, 0.3) is 0 Å². The van der Waals surface area contributed by atoms with Gasteiger partial charge in [0.05, 0.1) is 26.2 Å². The zero-order valence-corrected chi connectivity index (χ0v) is 26.8. The van der Waals surface area contributed by atoms with E-state index in [2.05, 4.69) is 14.9 Å². The number of nitrogens with zero attached hydrogens (tertiary/aromatic N) is 7. The van der Waals surface area contributed by atoms with Gasteiger partial charge in [-0.2, -0.15) is 0 Å². The molecule has 0 aromatic carbocycles. The molecule has 0 radical (unpaired) electrons. The van der Waals surface area contributed by atoms with Crippen molar-refractivity contribution in [1.82, 2.24) is 29.6 Å². The summed E-state index contributed by atoms with van der Waals surface area (Å²) < 4.78 is 16.5. The van der Waals surface area contributed by atoms with Crippen molar-refractivity contribution in [2.24, 2.45) is 0 Å². The summed E-state index contributed by atoms with van der Waals surface area (Å²) in [6, 6.07) is 0. The van der Waals surface area contributed by atoms with Crippen molar-refractivity contribution >= 4 is 30.1 Å². The second kappa shape index (κ2) is 15.3. The number of anilines is 1. The molecule has 0 aliphatic carbocycles. The van der Waals surface area contributed by atoms with Crippen LogP contribution in [-0.2, 0) is 25.5 Å². The Hall–Kier alpha value is -3.72. The minimum atomic E-state index is -0.883. The summed E-state index contributed by atoms with van der Waals surface area (Å²) >= 11 is 0. The molecule has 0 bridgehead atoms. The van der Waals surface area contributed by atoms with Crippen LogP contribution in [0.25, 0.3) is 0 Å². The van der Waals surface area contributed by atoms with Gasteiger partial charge in [-0.05, 0) is 41.5 Å². The van der Waals surface area contributed by atoms with Crippen LogP contribution in [0.4, 0.5) is 20.3 Å². The van der Waals surface area contributed by atoms with Crippen LogP contribution in [0, 0.1) is 0 Å². The first-order chi connectivity index (χ1) is 20.6. The van der Waals surface area contributed by atoms with Gasteiger partial charge in [-0.3, -0.25) is 9.69 Å². The van der Waals surface area contributed by atoms with E-state index in [4.69, 9.17) is 19.3 Å². The fourth-order valence-electron chi connectivity index (χ4n) is 4.55. The molecule has 246 valence electrons. The number of carbonyl (C=O) groups is 4. The third-order valence-electron chi connectivity index (χ3n) is 6.83. The summed E-state index contributed by atoms with van der Waals surface area (Å²) in [5.41, 5.74) is -1.06. The number of imide groups is 1. The average Bonchev–Trinajstić information content (AvgIpc) is 2.94. The predicted molar refractivity (Wildman–Crippen MR) is 160 cm³/mol. The summed E-state index contributed by atoms with van der Waals surface area (Å²) in [5.74, 6) is 0.523. The summed E-state index contributed by atoms with van der Waals surface area (Å²) in [6.45, 7) is 16.3. The molecule has 0 unspecified atom stereocenters. The van der Waals surface area contributed by atoms with Gasteiger partial charge in [0.15, 0.2) is 0 Å². The second-order valence-electron chi connectivity index (χ2n) is 12.8. The van der Waals surface area contributed by atoms with Crippen LogP contribution in [0.1, 0.15) is 53.5 Å². The number of carbonyl (C=O) groups excluding carboxylic acids is 3. The van der Waals surface area contributed by atoms with Crippen molar-refractivity contribution in [3.8, 4) is 0 Å². The molecule has 15 heteroatoms. The fourth-order valence-corrected chi connectivity index (χ4v) is 4.55. The lowest BCUT2D eigenvalue weighted by Gasteiger charge is -2.35. The van der Waals surface area contributed by atoms with Gasteiger partial charge in [0.2, 0.25) is 11.9 Å². The lowest BCUT2D eigenvalue weighted by atomic mass is 10.2. The summed E-state index contributed by atoms with van der Waals surface area (Å²) in [6.07, 6.45) is 0.891. The first-order valence-electron chi connectivity index (χ1n) is 15.0. The van der Waals surface area contributed by atoms with Gasteiger partial charge in [-0.15, -0.1) is 0 Å². The van der Waals surface area contributed by atoms with Crippen molar-refractivity contribution in [2.45, 2.75) is 65.7 Å². The van der Waals surface area contributed by atoms with Gasteiger partial charge in [-0.1, -0.05) is 0 Å². The molecular weight excluding hydrogens is 574 g/mol. The monoisotopic (exact) mass is 621 g/mol. The quantitative estimate of drug-likeness (QED) is 0.402. The van der Waals surface area contributed by atoms with Gasteiger partial charge >= 0.3 is 18.3 Å². The van der Waals surface area contributed by atoms with Crippen LogP contribution in [0.2, 0.25) is 0 Å². The number of piperazine rings is 2. The molecule has 2 saturated heterocycles. The molecule has 1 N–H and O–H groups in total. The zero-order chi connectivity index (χ0) is 32.5. The molecule has 0 atom stereocenters. The molecule has 2 aliphatic heterocycles. The van der Waals surface area contributed by atoms with Crippen LogP contribution in [-0.4, -0.2) is 142 Å².